The van der Waals surface area contributed by atoms with Gasteiger partial charge in [0.1, 0.15) is 0 Å². The van der Waals surface area contributed by atoms with Crippen molar-refractivity contribution in [1.82, 2.24) is 0 Å². The highest BCUT2D eigenvalue weighted by Gasteiger charge is 2.14. The number of hydrogen-bond donors (Lipinski definition) is 1. The second kappa shape index (κ2) is 6.39. The highest BCUT2D eigenvalue weighted by molar-refractivity contribution is 6.30. The molecule has 0 aliphatic carbocycles. The molecule has 0 saturated carbocycles. The van der Waals surface area contributed by atoms with Gasteiger partial charge in [-0.25, -0.2) is 0 Å². The van der Waals surface area contributed by atoms with Gasteiger partial charge in [0, 0.05) is 17.5 Å². The van der Waals surface area contributed by atoms with E-state index in [0.717, 1.165) is 12.0 Å². The molecule has 1 atom stereocenters. The molecule has 0 saturated heterocycles. The largest absolute Gasteiger partial charge is 0.396 e. The van der Waals surface area contributed by atoms with E-state index in [4.69, 9.17) is 16.3 Å². The quantitative estimate of drug-likeness (QED) is 0.872. The van der Waals surface area contributed by atoms with Crippen LogP contribution in [0.25, 0.3) is 0 Å². The molecule has 2 nitrogen and oxygen atoms in total. The molecule has 1 unspecified atom stereocenters. The van der Waals surface area contributed by atoms with Crippen molar-refractivity contribution >= 4 is 11.6 Å². The molecular formula is C14H21ClO2. The first-order valence-electron chi connectivity index (χ1n) is 5.92. The summed E-state index contributed by atoms with van der Waals surface area (Å²) >= 11 is 5.94. The fraction of sp³-hybridized carbons (Fsp3) is 0.571. The second-order valence-electron chi connectivity index (χ2n) is 5.18. The van der Waals surface area contributed by atoms with Crippen LogP contribution in [0, 0.1) is 0 Å². The van der Waals surface area contributed by atoms with Crippen LogP contribution in [-0.4, -0.2) is 23.9 Å². The maximum Gasteiger partial charge on any atom is 0.0598 e. The van der Waals surface area contributed by atoms with Crippen LogP contribution in [0.2, 0.25) is 5.02 Å². The summed E-state index contributed by atoms with van der Waals surface area (Å²) in [6, 6.07) is 7.64. The molecule has 0 spiro atoms. The summed E-state index contributed by atoms with van der Waals surface area (Å²) in [5.41, 5.74) is 0.937. The predicted octanol–water partition coefficient (Wildman–Crippen LogP) is 3.62. The van der Waals surface area contributed by atoms with E-state index in [0.29, 0.717) is 11.6 Å². The molecule has 0 aliphatic heterocycles. The lowest BCUT2D eigenvalue weighted by atomic mass is 9.97. The number of benzene rings is 1. The average Bonchev–Trinajstić information content (AvgIpc) is 2.23. The van der Waals surface area contributed by atoms with Gasteiger partial charge in [-0.2, -0.15) is 0 Å². The standard InChI is InChI=1S/C14H21ClO2/c1-14(2,3)17-8-7-12(10-16)11-5-4-6-13(15)9-11/h4-6,9,12,16H,7-8,10H2,1-3H3. The minimum atomic E-state index is -0.131. The van der Waals surface area contributed by atoms with Crippen LogP contribution < -0.4 is 0 Å². The molecule has 0 radical (unpaired) electrons. The van der Waals surface area contributed by atoms with Crippen molar-refractivity contribution in [3.05, 3.63) is 34.9 Å². The van der Waals surface area contributed by atoms with E-state index in [1.807, 2.05) is 45.0 Å². The Labute approximate surface area is 109 Å². The van der Waals surface area contributed by atoms with Gasteiger partial charge in [0.05, 0.1) is 12.2 Å². The number of rotatable bonds is 5. The van der Waals surface area contributed by atoms with E-state index in [1.165, 1.54) is 0 Å². The summed E-state index contributed by atoms with van der Waals surface area (Å²) in [7, 11) is 0. The Morgan fingerprint density at radius 3 is 2.59 bits per heavy atom. The van der Waals surface area contributed by atoms with Gasteiger partial charge >= 0.3 is 0 Å². The van der Waals surface area contributed by atoms with Crippen molar-refractivity contribution in [2.24, 2.45) is 0 Å². The molecular weight excluding hydrogens is 236 g/mol. The normalized spacial score (nSPS) is 13.7. The Morgan fingerprint density at radius 2 is 2.06 bits per heavy atom. The third-order valence-corrected chi connectivity index (χ3v) is 2.78. The van der Waals surface area contributed by atoms with Crippen LogP contribution in [0.3, 0.4) is 0 Å². The van der Waals surface area contributed by atoms with Gasteiger partial charge in [-0.1, -0.05) is 23.7 Å². The van der Waals surface area contributed by atoms with E-state index in [9.17, 15) is 5.11 Å². The monoisotopic (exact) mass is 256 g/mol. The first kappa shape index (κ1) is 14.5. The molecule has 1 N–H and O–H groups in total. The van der Waals surface area contributed by atoms with Gasteiger partial charge in [-0.05, 0) is 44.9 Å². The minimum Gasteiger partial charge on any atom is -0.396 e. The third-order valence-electron chi connectivity index (χ3n) is 2.54. The molecule has 0 aromatic heterocycles. The summed E-state index contributed by atoms with van der Waals surface area (Å²) in [5, 5.41) is 10.1. The number of aliphatic hydroxyl groups is 1. The summed E-state index contributed by atoms with van der Waals surface area (Å²) in [6.07, 6.45) is 0.800. The lowest BCUT2D eigenvalue weighted by molar-refractivity contribution is -0.00804. The SMILES string of the molecule is CC(C)(C)OCCC(CO)c1cccc(Cl)c1. The van der Waals surface area contributed by atoms with E-state index in [1.54, 1.807) is 0 Å². The molecule has 17 heavy (non-hydrogen) atoms. The molecule has 0 bridgehead atoms. The number of halogens is 1. The van der Waals surface area contributed by atoms with E-state index < -0.39 is 0 Å². The van der Waals surface area contributed by atoms with Gasteiger partial charge in [-0.3, -0.25) is 0 Å². The van der Waals surface area contributed by atoms with Gasteiger partial charge in [0.25, 0.3) is 0 Å². The molecule has 1 aromatic rings. The Balaban J connectivity index is 2.54. The van der Waals surface area contributed by atoms with Gasteiger partial charge in [0.2, 0.25) is 0 Å². The highest BCUT2D eigenvalue weighted by atomic mass is 35.5. The summed E-state index contributed by atoms with van der Waals surface area (Å²) in [4.78, 5) is 0. The van der Waals surface area contributed by atoms with Crippen LogP contribution >= 0.6 is 11.6 Å². The predicted molar refractivity (Wildman–Crippen MR) is 71.6 cm³/mol. The van der Waals surface area contributed by atoms with Gasteiger partial charge in [-0.15, -0.1) is 0 Å². The van der Waals surface area contributed by atoms with Crippen LogP contribution in [-0.2, 0) is 4.74 Å². The Bertz CT molecular complexity index is 344. The Kier molecular flexibility index (Phi) is 5.44. The molecule has 3 heteroatoms. The van der Waals surface area contributed by atoms with Crippen molar-refractivity contribution in [2.45, 2.75) is 38.7 Å². The number of aliphatic hydroxyl groups excluding tert-OH is 1. The first-order chi connectivity index (χ1) is 7.92. The zero-order valence-electron chi connectivity index (χ0n) is 10.7. The maximum atomic E-state index is 9.40. The minimum absolute atomic E-state index is 0.0936. The molecule has 0 aliphatic rings. The molecule has 0 fully saturated rings. The van der Waals surface area contributed by atoms with Crippen LogP contribution in [0.15, 0.2) is 24.3 Å². The van der Waals surface area contributed by atoms with E-state index in [-0.39, 0.29) is 18.1 Å². The van der Waals surface area contributed by atoms with Crippen LogP contribution in [0.5, 0.6) is 0 Å². The van der Waals surface area contributed by atoms with E-state index in [2.05, 4.69) is 0 Å². The van der Waals surface area contributed by atoms with Crippen molar-refractivity contribution in [3.63, 3.8) is 0 Å². The molecule has 96 valence electrons. The summed E-state index contributed by atoms with van der Waals surface area (Å²) < 4.78 is 5.67. The Hall–Kier alpha value is -0.570. The van der Waals surface area contributed by atoms with Crippen molar-refractivity contribution in [3.8, 4) is 0 Å². The summed E-state index contributed by atoms with van der Waals surface area (Å²) in [5.74, 6) is 0.0936. The zero-order valence-corrected chi connectivity index (χ0v) is 11.5. The van der Waals surface area contributed by atoms with E-state index >= 15 is 0 Å². The molecule has 0 heterocycles. The topological polar surface area (TPSA) is 29.5 Å². The number of ether oxygens (including phenoxy) is 1. The van der Waals surface area contributed by atoms with Crippen LogP contribution in [0.1, 0.15) is 38.7 Å². The average molecular weight is 257 g/mol. The van der Waals surface area contributed by atoms with Gasteiger partial charge in [0.15, 0.2) is 0 Å². The Morgan fingerprint density at radius 1 is 1.35 bits per heavy atom. The summed E-state index contributed by atoms with van der Waals surface area (Å²) in [6.45, 7) is 6.84. The van der Waals surface area contributed by atoms with Crippen molar-refractivity contribution in [2.75, 3.05) is 13.2 Å². The molecule has 1 aromatic carbocycles. The fourth-order valence-electron chi connectivity index (χ4n) is 1.63. The van der Waals surface area contributed by atoms with Crippen molar-refractivity contribution in [1.29, 1.82) is 0 Å². The second-order valence-corrected chi connectivity index (χ2v) is 5.62. The lowest BCUT2D eigenvalue weighted by Crippen LogP contribution is -2.21. The maximum absolute atomic E-state index is 9.40. The van der Waals surface area contributed by atoms with Gasteiger partial charge < -0.3 is 9.84 Å². The highest BCUT2D eigenvalue weighted by Crippen LogP contribution is 2.23. The fourth-order valence-corrected chi connectivity index (χ4v) is 1.83. The smallest absolute Gasteiger partial charge is 0.0598 e. The lowest BCUT2D eigenvalue weighted by Gasteiger charge is -2.22. The molecule has 0 amide bonds. The van der Waals surface area contributed by atoms with Crippen molar-refractivity contribution < 1.29 is 9.84 Å². The van der Waals surface area contributed by atoms with Crippen LogP contribution in [0.4, 0.5) is 0 Å². The first-order valence-corrected chi connectivity index (χ1v) is 6.30. The molecule has 1 rings (SSSR count). The number of hydrogen-bond acceptors (Lipinski definition) is 2. The third kappa shape index (κ3) is 5.53. The zero-order chi connectivity index (χ0) is 12.9.